The van der Waals surface area contributed by atoms with Crippen molar-refractivity contribution in [2.24, 2.45) is 0 Å². The van der Waals surface area contributed by atoms with Gasteiger partial charge in [0.25, 0.3) is 0 Å². The standard InChI is InChI=1S/C29H25ClN4S/c30-24-15-20-35-27(24)28-31-25-14-8-7-13-23(25)29(32-28)34-18-16-33(17-19-34)26(21-9-3-1-4-10-21)22-11-5-2-6-12-22/h1-15,20,26H,16-19H2. The summed E-state index contributed by atoms with van der Waals surface area (Å²) in [5.74, 6) is 1.69. The fourth-order valence-electron chi connectivity index (χ4n) is 4.93. The van der Waals surface area contributed by atoms with Crippen molar-refractivity contribution in [3.8, 4) is 10.7 Å². The van der Waals surface area contributed by atoms with Crippen LogP contribution in [0.15, 0.2) is 96.4 Å². The van der Waals surface area contributed by atoms with Crippen molar-refractivity contribution in [1.29, 1.82) is 0 Å². The zero-order valence-electron chi connectivity index (χ0n) is 19.2. The number of rotatable bonds is 5. The van der Waals surface area contributed by atoms with Crippen LogP contribution in [0.2, 0.25) is 5.02 Å². The first-order chi connectivity index (χ1) is 17.3. The van der Waals surface area contributed by atoms with Crippen molar-refractivity contribution in [1.82, 2.24) is 14.9 Å². The second-order valence-corrected chi connectivity index (χ2v) is 10.1. The van der Waals surface area contributed by atoms with Crippen molar-refractivity contribution in [3.63, 3.8) is 0 Å². The number of hydrogen-bond acceptors (Lipinski definition) is 5. The Morgan fingerprint density at radius 2 is 1.34 bits per heavy atom. The number of thiophene rings is 1. The molecule has 1 aliphatic heterocycles. The van der Waals surface area contributed by atoms with Gasteiger partial charge in [-0.25, -0.2) is 9.97 Å². The van der Waals surface area contributed by atoms with E-state index in [2.05, 4.69) is 88.7 Å². The zero-order chi connectivity index (χ0) is 23.6. The summed E-state index contributed by atoms with van der Waals surface area (Å²) in [7, 11) is 0. The van der Waals surface area contributed by atoms with Gasteiger partial charge in [-0.1, -0.05) is 84.4 Å². The molecule has 4 nitrogen and oxygen atoms in total. The summed E-state index contributed by atoms with van der Waals surface area (Å²) in [4.78, 5) is 15.8. The van der Waals surface area contributed by atoms with Gasteiger partial charge < -0.3 is 4.90 Å². The Hall–Kier alpha value is -3.25. The van der Waals surface area contributed by atoms with E-state index in [1.165, 1.54) is 11.1 Å². The molecule has 0 N–H and O–H groups in total. The molecule has 0 aliphatic carbocycles. The van der Waals surface area contributed by atoms with Crippen LogP contribution in [0.5, 0.6) is 0 Å². The van der Waals surface area contributed by atoms with Gasteiger partial charge in [0.2, 0.25) is 0 Å². The Kier molecular flexibility index (Phi) is 6.21. The molecule has 0 saturated carbocycles. The first-order valence-electron chi connectivity index (χ1n) is 11.9. The van der Waals surface area contributed by atoms with E-state index in [-0.39, 0.29) is 6.04 Å². The molecule has 0 atom stereocenters. The van der Waals surface area contributed by atoms with Gasteiger partial charge in [-0.2, -0.15) is 0 Å². The Labute approximate surface area is 214 Å². The minimum Gasteiger partial charge on any atom is -0.353 e. The molecule has 174 valence electrons. The maximum absolute atomic E-state index is 6.44. The van der Waals surface area contributed by atoms with Gasteiger partial charge in [-0.15, -0.1) is 11.3 Å². The first-order valence-corrected chi connectivity index (χ1v) is 13.1. The second kappa shape index (κ2) is 9.78. The molecular formula is C29H25ClN4S. The highest BCUT2D eigenvalue weighted by molar-refractivity contribution is 7.14. The van der Waals surface area contributed by atoms with Crippen molar-refractivity contribution < 1.29 is 0 Å². The Bertz CT molecular complexity index is 1390. The van der Waals surface area contributed by atoms with Gasteiger partial charge in [-0.05, 0) is 34.7 Å². The Morgan fingerprint density at radius 1 is 0.714 bits per heavy atom. The zero-order valence-corrected chi connectivity index (χ0v) is 20.8. The van der Waals surface area contributed by atoms with Gasteiger partial charge in [0.15, 0.2) is 5.82 Å². The lowest BCUT2D eigenvalue weighted by atomic mass is 9.96. The van der Waals surface area contributed by atoms with Crippen LogP contribution in [0.4, 0.5) is 5.82 Å². The number of para-hydroxylation sites is 1. The van der Waals surface area contributed by atoms with Crippen LogP contribution in [-0.2, 0) is 0 Å². The van der Waals surface area contributed by atoms with Gasteiger partial charge in [0.05, 0.1) is 21.5 Å². The largest absolute Gasteiger partial charge is 0.353 e. The lowest BCUT2D eigenvalue weighted by molar-refractivity contribution is 0.212. The van der Waals surface area contributed by atoms with E-state index >= 15 is 0 Å². The third-order valence-corrected chi connectivity index (χ3v) is 7.95. The number of hydrogen-bond donors (Lipinski definition) is 0. The SMILES string of the molecule is Clc1ccsc1-c1nc(N2CCN(C(c3ccccc3)c3ccccc3)CC2)c2ccccc2n1. The molecule has 1 fully saturated rings. The van der Waals surface area contributed by atoms with E-state index in [9.17, 15) is 0 Å². The molecule has 0 amide bonds. The van der Waals surface area contributed by atoms with E-state index in [1.54, 1.807) is 11.3 Å². The van der Waals surface area contributed by atoms with Crippen molar-refractivity contribution in [3.05, 3.63) is 113 Å². The van der Waals surface area contributed by atoms with Crippen LogP contribution >= 0.6 is 22.9 Å². The average molecular weight is 497 g/mol. The second-order valence-electron chi connectivity index (χ2n) is 8.73. The van der Waals surface area contributed by atoms with Crippen LogP contribution in [-0.4, -0.2) is 41.0 Å². The highest BCUT2D eigenvalue weighted by Crippen LogP contribution is 2.35. The normalized spacial score (nSPS) is 14.6. The predicted octanol–water partition coefficient (Wildman–Crippen LogP) is 6.92. The van der Waals surface area contributed by atoms with E-state index in [0.29, 0.717) is 10.8 Å². The average Bonchev–Trinajstić information content (AvgIpc) is 3.36. The minimum atomic E-state index is 0.238. The topological polar surface area (TPSA) is 32.3 Å². The molecule has 6 heteroatoms. The van der Waals surface area contributed by atoms with E-state index in [4.69, 9.17) is 21.6 Å². The lowest BCUT2D eigenvalue weighted by Crippen LogP contribution is -2.48. The summed E-state index contributed by atoms with van der Waals surface area (Å²) in [6.45, 7) is 3.69. The summed E-state index contributed by atoms with van der Waals surface area (Å²) in [5.41, 5.74) is 3.61. The molecule has 1 aliphatic rings. The lowest BCUT2D eigenvalue weighted by Gasteiger charge is -2.40. The van der Waals surface area contributed by atoms with Crippen LogP contribution in [0, 0.1) is 0 Å². The highest BCUT2D eigenvalue weighted by Gasteiger charge is 2.28. The summed E-state index contributed by atoms with van der Waals surface area (Å²) in [5, 5.41) is 3.77. The number of benzene rings is 3. The predicted molar refractivity (Wildman–Crippen MR) is 146 cm³/mol. The third kappa shape index (κ3) is 4.43. The van der Waals surface area contributed by atoms with Gasteiger partial charge >= 0.3 is 0 Å². The van der Waals surface area contributed by atoms with E-state index in [1.807, 2.05) is 17.5 Å². The van der Waals surface area contributed by atoms with Crippen molar-refractivity contribution in [2.75, 3.05) is 31.1 Å². The summed E-state index contributed by atoms with van der Waals surface area (Å²) in [6.07, 6.45) is 0. The molecule has 35 heavy (non-hydrogen) atoms. The molecule has 5 aromatic rings. The molecule has 1 saturated heterocycles. The molecule has 0 radical (unpaired) electrons. The van der Waals surface area contributed by atoms with Crippen molar-refractivity contribution in [2.45, 2.75) is 6.04 Å². The fraction of sp³-hybridized carbons (Fsp3) is 0.172. The summed E-state index contributed by atoms with van der Waals surface area (Å²) < 4.78 is 0. The molecule has 0 spiro atoms. The van der Waals surface area contributed by atoms with Gasteiger partial charge in [0.1, 0.15) is 5.82 Å². The number of aromatic nitrogens is 2. The fourth-order valence-corrected chi connectivity index (χ4v) is 6.01. The first kappa shape index (κ1) is 22.2. The highest BCUT2D eigenvalue weighted by atomic mass is 35.5. The van der Waals surface area contributed by atoms with Gasteiger partial charge in [-0.3, -0.25) is 4.90 Å². The van der Waals surface area contributed by atoms with Crippen molar-refractivity contribution >= 4 is 39.7 Å². The van der Waals surface area contributed by atoms with E-state index in [0.717, 1.165) is 47.8 Å². The Morgan fingerprint density at radius 3 is 1.97 bits per heavy atom. The number of fused-ring (bicyclic) bond motifs is 1. The molecule has 3 heterocycles. The molecule has 3 aromatic carbocycles. The quantitative estimate of drug-likeness (QED) is 0.264. The summed E-state index contributed by atoms with van der Waals surface area (Å²) in [6, 6.07) is 32.0. The molecular weight excluding hydrogens is 472 g/mol. The third-order valence-electron chi connectivity index (χ3n) is 6.61. The van der Waals surface area contributed by atoms with E-state index < -0.39 is 0 Å². The number of anilines is 1. The Balaban J connectivity index is 1.32. The number of halogens is 1. The molecule has 6 rings (SSSR count). The van der Waals surface area contributed by atoms with Crippen LogP contribution in [0.3, 0.4) is 0 Å². The number of nitrogens with zero attached hydrogens (tertiary/aromatic N) is 4. The van der Waals surface area contributed by atoms with Crippen LogP contribution < -0.4 is 4.90 Å². The van der Waals surface area contributed by atoms with Crippen LogP contribution in [0.1, 0.15) is 17.2 Å². The molecule has 2 aromatic heterocycles. The minimum absolute atomic E-state index is 0.238. The summed E-state index contributed by atoms with van der Waals surface area (Å²) >= 11 is 8.03. The maximum atomic E-state index is 6.44. The smallest absolute Gasteiger partial charge is 0.173 e. The maximum Gasteiger partial charge on any atom is 0.173 e. The monoisotopic (exact) mass is 496 g/mol. The van der Waals surface area contributed by atoms with Gasteiger partial charge in [0, 0.05) is 31.6 Å². The molecule has 0 bridgehead atoms. The molecule has 0 unspecified atom stereocenters. The number of piperazine rings is 1. The van der Waals surface area contributed by atoms with Crippen LogP contribution in [0.25, 0.3) is 21.6 Å².